The van der Waals surface area contributed by atoms with Crippen molar-refractivity contribution in [3.05, 3.63) is 41.6 Å². The Kier molecular flexibility index (Phi) is 9.22. The van der Waals surface area contributed by atoms with E-state index in [-0.39, 0.29) is 53.3 Å². The van der Waals surface area contributed by atoms with Crippen LogP contribution in [-0.4, -0.2) is 57.6 Å². The molecule has 3 fully saturated rings. The lowest BCUT2D eigenvalue weighted by atomic mass is 9.92. The molecular formula is C31H40F3N5O3. The fraction of sp³-hybridized carbons (Fsp3) is 0.613. The van der Waals surface area contributed by atoms with Crippen molar-refractivity contribution < 1.29 is 27.6 Å². The molecule has 1 atom stereocenters. The van der Waals surface area contributed by atoms with Crippen molar-refractivity contribution in [2.75, 3.05) is 7.05 Å². The molecule has 3 aliphatic carbocycles. The van der Waals surface area contributed by atoms with Gasteiger partial charge in [0.1, 0.15) is 6.04 Å². The number of carbonyl (C=O) groups is 3. The Hall–Kier alpha value is -3.37. The number of nitrogens with one attached hydrogen (secondary N) is 2. The van der Waals surface area contributed by atoms with Gasteiger partial charge >= 0.3 is 6.18 Å². The second-order valence-electron chi connectivity index (χ2n) is 12.0. The van der Waals surface area contributed by atoms with Crippen LogP contribution in [0, 0.1) is 0 Å². The van der Waals surface area contributed by atoms with Crippen LogP contribution in [0.15, 0.2) is 30.3 Å². The van der Waals surface area contributed by atoms with Gasteiger partial charge in [-0.15, -0.1) is 0 Å². The molecule has 3 aliphatic rings. The second-order valence-corrected chi connectivity index (χ2v) is 12.0. The van der Waals surface area contributed by atoms with Crippen LogP contribution in [0.2, 0.25) is 0 Å². The molecule has 0 bridgehead atoms. The number of nitrogens with zero attached hydrogens (tertiary/aromatic N) is 3. The zero-order valence-corrected chi connectivity index (χ0v) is 24.1. The maximum Gasteiger partial charge on any atom is 0.417 e. The van der Waals surface area contributed by atoms with Gasteiger partial charge in [0.15, 0.2) is 5.69 Å². The SMILES string of the molecule is CN(C(=O)[C@H](CC(=O)NC1CCC1)NC(=O)c1cc(-c2ccccc2C(F)(F)F)n(C2CCCC2)n1)C1CCCCC1. The second kappa shape index (κ2) is 12.9. The molecule has 0 spiro atoms. The monoisotopic (exact) mass is 587 g/mol. The number of hydrogen-bond acceptors (Lipinski definition) is 4. The van der Waals surface area contributed by atoms with Crippen LogP contribution >= 0.6 is 0 Å². The number of carbonyl (C=O) groups excluding carboxylic acids is 3. The Bertz CT molecular complexity index is 1280. The third-order valence-corrected chi connectivity index (χ3v) is 9.08. The van der Waals surface area contributed by atoms with Crippen LogP contribution in [-0.2, 0) is 15.8 Å². The standard InChI is InChI=1S/C31H40F3N5O3/c1-38(21-12-3-2-4-13-21)30(42)26(19-28(40)35-20-10-9-11-20)36-29(41)25-18-27(39(37-25)22-14-5-6-15-22)23-16-7-8-17-24(23)31(32,33)34/h7-8,16-18,20-22,26H,2-6,9-15,19H2,1H3,(H,35,40)(H,36,41)/t26-/m0/s1. The van der Waals surface area contributed by atoms with Gasteiger partial charge < -0.3 is 15.5 Å². The minimum atomic E-state index is -4.58. The highest BCUT2D eigenvalue weighted by Gasteiger charge is 2.36. The summed E-state index contributed by atoms with van der Waals surface area (Å²) in [6.45, 7) is 0. The van der Waals surface area contributed by atoms with E-state index in [1.807, 2.05) is 0 Å². The average Bonchev–Trinajstić information content (AvgIpc) is 3.64. The highest BCUT2D eigenvalue weighted by Crippen LogP contribution is 2.40. The van der Waals surface area contributed by atoms with Crippen LogP contribution in [0.5, 0.6) is 0 Å². The summed E-state index contributed by atoms with van der Waals surface area (Å²) in [4.78, 5) is 41.8. The molecule has 228 valence electrons. The zero-order valence-electron chi connectivity index (χ0n) is 24.1. The number of alkyl halides is 3. The largest absolute Gasteiger partial charge is 0.417 e. The first-order chi connectivity index (χ1) is 20.1. The molecule has 1 aromatic heterocycles. The Morgan fingerprint density at radius 2 is 1.64 bits per heavy atom. The van der Waals surface area contributed by atoms with Gasteiger partial charge in [-0.05, 0) is 57.1 Å². The van der Waals surface area contributed by atoms with E-state index in [9.17, 15) is 27.6 Å². The van der Waals surface area contributed by atoms with Crippen molar-refractivity contribution in [2.24, 2.45) is 0 Å². The molecule has 8 nitrogen and oxygen atoms in total. The molecule has 42 heavy (non-hydrogen) atoms. The highest BCUT2D eigenvalue weighted by molar-refractivity contribution is 5.98. The molecule has 1 heterocycles. The number of hydrogen-bond donors (Lipinski definition) is 2. The lowest BCUT2D eigenvalue weighted by Gasteiger charge is -2.34. The lowest BCUT2D eigenvalue weighted by molar-refractivity contribution is -0.137. The van der Waals surface area contributed by atoms with Gasteiger partial charge in [-0.2, -0.15) is 18.3 Å². The van der Waals surface area contributed by atoms with Crippen molar-refractivity contribution in [1.82, 2.24) is 25.3 Å². The number of amides is 3. The smallest absolute Gasteiger partial charge is 0.353 e. The van der Waals surface area contributed by atoms with E-state index in [1.54, 1.807) is 16.6 Å². The fourth-order valence-corrected chi connectivity index (χ4v) is 6.44. The summed E-state index contributed by atoms with van der Waals surface area (Å²) in [6.07, 6.45) is 6.24. The number of aromatic nitrogens is 2. The average molecular weight is 588 g/mol. The maximum atomic E-state index is 14.0. The molecule has 5 rings (SSSR count). The van der Waals surface area contributed by atoms with Crippen LogP contribution in [0.25, 0.3) is 11.3 Å². The predicted octanol–water partition coefficient (Wildman–Crippen LogP) is 5.63. The van der Waals surface area contributed by atoms with Crippen LogP contribution < -0.4 is 10.6 Å². The quantitative estimate of drug-likeness (QED) is 0.397. The molecule has 3 saturated carbocycles. The number of rotatable bonds is 9. The first-order valence-electron chi connectivity index (χ1n) is 15.2. The summed E-state index contributed by atoms with van der Waals surface area (Å²) < 4.78 is 43.4. The normalized spacial score (nSPS) is 19.2. The Morgan fingerprint density at radius 1 is 0.976 bits per heavy atom. The Morgan fingerprint density at radius 3 is 2.29 bits per heavy atom. The van der Waals surface area contributed by atoms with Crippen molar-refractivity contribution in [1.29, 1.82) is 0 Å². The van der Waals surface area contributed by atoms with Crippen molar-refractivity contribution in [2.45, 2.75) is 114 Å². The third kappa shape index (κ3) is 6.81. The van der Waals surface area contributed by atoms with Crippen LogP contribution in [0.4, 0.5) is 13.2 Å². The van der Waals surface area contributed by atoms with E-state index in [4.69, 9.17) is 0 Å². The first kappa shape index (κ1) is 30.1. The minimum absolute atomic E-state index is 0.0346. The molecule has 1 aromatic carbocycles. The fourth-order valence-electron chi connectivity index (χ4n) is 6.44. The van der Waals surface area contributed by atoms with Crippen molar-refractivity contribution in [3.63, 3.8) is 0 Å². The summed E-state index contributed by atoms with van der Waals surface area (Å²) >= 11 is 0. The Balaban J connectivity index is 1.42. The van der Waals surface area contributed by atoms with Crippen molar-refractivity contribution in [3.8, 4) is 11.3 Å². The van der Waals surface area contributed by atoms with E-state index < -0.39 is 23.7 Å². The van der Waals surface area contributed by atoms with Gasteiger partial charge in [-0.3, -0.25) is 19.1 Å². The summed E-state index contributed by atoms with van der Waals surface area (Å²) in [5.74, 6) is -1.35. The topological polar surface area (TPSA) is 96.3 Å². The van der Waals surface area contributed by atoms with Crippen LogP contribution in [0.1, 0.15) is 106 Å². The van der Waals surface area contributed by atoms with Gasteiger partial charge in [0, 0.05) is 24.7 Å². The predicted molar refractivity (Wildman–Crippen MR) is 151 cm³/mol. The van der Waals surface area contributed by atoms with Gasteiger partial charge in [-0.25, -0.2) is 0 Å². The first-order valence-corrected chi connectivity index (χ1v) is 15.2. The minimum Gasteiger partial charge on any atom is -0.353 e. The van der Waals surface area contributed by atoms with Crippen LogP contribution in [0.3, 0.4) is 0 Å². The van der Waals surface area contributed by atoms with E-state index in [1.165, 1.54) is 24.3 Å². The highest BCUT2D eigenvalue weighted by atomic mass is 19.4. The Labute approximate surface area is 244 Å². The third-order valence-electron chi connectivity index (χ3n) is 9.08. The van der Waals surface area contributed by atoms with Crippen molar-refractivity contribution >= 4 is 17.7 Å². The maximum absolute atomic E-state index is 14.0. The summed E-state index contributed by atoms with van der Waals surface area (Å²) in [5.41, 5.74) is -0.713. The number of halogens is 3. The zero-order chi connectivity index (χ0) is 29.9. The summed E-state index contributed by atoms with van der Waals surface area (Å²) in [6, 6.07) is 5.53. The molecule has 0 unspecified atom stereocenters. The van der Waals surface area contributed by atoms with E-state index in [0.717, 1.165) is 83.1 Å². The molecule has 2 N–H and O–H groups in total. The molecule has 3 amide bonds. The molecule has 0 saturated heterocycles. The molecule has 0 radical (unpaired) electrons. The van der Waals surface area contributed by atoms with Gasteiger partial charge in [0.25, 0.3) is 5.91 Å². The summed E-state index contributed by atoms with van der Waals surface area (Å²) in [7, 11) is 1.71. The number of likely N-dealkylation sites (N-methyl/N-ethyl adjacent to an activating group) is 1. The van der Waals surface area contributed by atoms with E-state index in [2.05, 4.69) is 15.7 Å². The molecule has 0 aliphatic heterocycles. The molecule has 11 heteroatoms. The molecular weight excluding hydrogens is 547 g/mol. The number of benzene rings is 1. The van der Waals surface area contributed by atoms with Gasteiger partial charge in [0.05, 0.1) is 23.7 Å². The van der Waals surface area contributed by atoms with E-state index >= 15 is 0 Å². The van der Waals surface area contributed by atoms with Gasteiger partial charge in [-0.1, -0.05) is 50.3 Å². The lowest BCUT2D eigenvalue weighted by Crippen LogP contribution is -2.53. The molecule has 2 aromatic rings. The van der Waals surface area contributed by atoms with E-state index in [0.29, 0.717) is 0 Å². The van der Waals surface area contributed by atoms with Gasteiger partial charge in [0.2, 0.25) is 11.8 Å². The summed E-state index contributed by atoms with van der Waals surface area (Å²) in [5, 5.41) is 10.2.